The zero-order valence-electron chi connectivity index (χ0n) is 21.1. The number of rotatable bonds is 6. The number of nitrogens with one attached hydrogen (secondary N) is 1. The molecule has 182 valence electrons. The summed E-state index contributed by atoms with van der Waals surface area (Å²) >= 11 is 6.43. The third-order valence-electron chi connectivity index (χ3n) is 5.81. The molecular formula is C27H35ClN4O2. The van der Waals surface area contributed by atoms with Gasteiger partial charge in [-0.1, -0.05) is 43.6 Å². The van der Waals surface area contributed by atoms with Gasteiger partial charge < -0.3 is 10.2 Å². The summed E-state index contributed by atoms with van der Waals surface area (Å²) in [5.74, 6) is 0.918. The summed E-state index contributed by atoms with van der Waals surface area (Å²) in [5, 5.41) is 4.16. The van der Waals surface area contributed by atoms with Crippen molar-refractivity contribution < 1.29 is 4.79 Å². The first-order valence-corrected chi connectivity index (χ1v) is 12.1. The van der Waals surface area contributed by atoms with Crippen molar-refractivity contribution in [3.63, 3.8) is 0 Å². The summed E-state index contributed by atoms with van der Waals surface area (Å²) < 4.78 is 1.61. The molecule has 34 heavy (non-hydrogen) atoms. The number of carbonyl (C=O) groups is 1. The number of carbonyl (C=O) groups excluding carboxylic acids is 1. The van der Waals surface area contributed by atoms with Crippen LogP contribution in [-0.4, -0.2) is 32.6 Å². The van der Waals surface area contributed by atoms with E-state index in [2.05, 4.69) is 19.2 Å². The molecule has 1 N–H and O–H groups in total. The van der Waals surface area contributed by atoms with Crippen LogP contribution in [0, 0.1) is 12.8 Å². The molecule has 7 heteroatoms. The van der Waals surface area contributed by atoms with Gasteiger partial charge in [-0.15, -0.1) is 0 Å². The molecule has 0 aliphatic carbocycles. The lowest BCUT2D eigenvalue weighted by Crippen LogP contribution is -2.50. The second kappa shape index (κ2) is 10.2. The summed E-state index contributed by atoms with van der Waals surface area (Å²) in [6.45, 7) is 14.5. The molecule has 3 aromatic rings. The molecule has 2 amide bonds. The summed E-state index contributed by atoms with van der Waals surface area (Å²) in [6, 6.07) is 12.1. The third kappa shape index (κ3) is 5.61. The second-order valence-corrected chi connectivity index (χ2v) is 10.7. The first-order chi connectivity index (χ1) is 15.9. The normalized spacial score (nSPS) is 12.7. The number of urea groups is 1. The van der Waals surface area contributed by atoms with Crippen LogP contribution < -0.4 is 10.9 Å². The van der Waals surface area contributed by atoms with E-state index in [0.29, 0.717) is 39.9 Å². The van der Waals surface area contributed by atoms with Gasteiger partial charge in [0.1, 0.15) is 5.82 Å². The van der Waals surface area contributed by atoms with E-state index in [1.54, 1.807) is 21.6 Å². The first-order valence-electron chi connectivity index (χ1n) is 11.8. The lowest BCUT2D eigenvalue weighted by atomic mass is 10.1. The van der Waals surface area contributed by atoms with Gasteiger partial charge in [-0.2, -0.15) is 0 Å². The minimum Gasteiger partial charge on any atom is -0.333 e. The van der Waals surface area contributed by atoms with Crippen molar-refractivity contribution in [3.8, 4) is 5.69 Å². The van der Waals surface area contributed by atoms with Crippen LogP contribution in [0.3, 0.4) is 0 Å². The molecule has 0 saturated heterocycles. The highest BCUT2D eigenvalue weighted by atomic mass is 35.5. The Bertz CT molecular complexity index is 1240. The van der Waals surface area contributed by atoms with Gasteiger partial charge in [-0.05, 0) is 76.8 Å². The van der Waals surface area contributed by atoms with Gasteiger partial charge in [0.2, 0.25) is 0 Å². The lowest BCUT2D eigenvalue weighted by Gasteiger charge is -2.34. The average Bonchev–Trinajstić information content (AvgIpc) is 2.74. The number of halogens is 1. The van der Waals surface area contributed by atoms with Gasteiger partial charge in [0.25, 0.3) is 5.56 Å². The number of hydrogen-bond acceptors (Lipinski definition) is 3. The Morgan fingerprint density at radius 3 is 2.44 bits per heavy atom. The predicted octanol–water partition coefficient (Wildman–Crippen LogP) is 6.26. The van der Waals surface area contributed by atoms with Crippen LogP contribution in [0.5, 0.6) is 0 Å². The Kier molecular flexibility index (Phi) is 7.71. The Morgan fingerprint density at radius 1 is 1.12 bits per heavy atom. The van der Waals surface area contributed by atoms with Gasteiger partial charge in [0.15, 0.2) is 0 Å². The SMILES string of the molecule is Cc1c(Cl)cccc1-n1c(C(C)N(CCC(C)C)C(=O)NC(C)(C)C)nc2ccccc2c1=O. The van der Waals surface area contributed by atoms with Crippen LogP contribution in [-0.2, 0) is 0 Å². The molecule has 1 aromatic heterocycles. The van der Waals surface area contributed by atoms with Crippen LogP contribution in [0.2, 0.25) is 5.02 Å². The fourth-order valence-electron chi connectivity index (χ4n) is 3.90. The standard InChI is InChI=1S/C27H35ClN4O2/c1-17(2)15-16-31(26(34)30-27(5,6)7)19(4)24-29-22-13-9-8-11-20(22)25(33)32(24)23-14-10-12-21(28)18(23)3/h8-14,17,19H,15-16H2,1-7H3,(H,30,34). The Morgan fingerprint density at radius 2 is 1.79 bits per heavy atom. The quantitative estimate of drug-likeness (QED) is 0.450. The summed E-state index contributed by atoms with van der Waals surface area (Å²) in [6.07, 6.45) is 0.829. The van der Waals surface area contributed by atoms with Gasteiger partial charge in [-0.25, -0.2) is 9.78 Å². The van der Waals surface area contributed by atoms with Crippen molar-refractivity contribution in [2.45, 2.75) is 66.5 Å². The zero-order chi connectivity index (χ0) is 25.2. The Labute approximate surface area is 206 Å². The van der Waals surface area contributed by atoms with E-state index >= 15 is 0 Å². The number of nitrogens with zero attached hydrogens (tertiary/aromatic N) is 3. The Hall–Kier alpha value is -2.86. The van der Waals surface area contributed by atoms with Gasteiger partial charge in [0.05, 0.1) is 22.6 Å². The first kappa shape index (κ1) is 25.8. The van der Waals surface area contributed by atoms with Gasteiger partial charge in [-0.3, -0.25) is 9.36 Å². The molecule has 0 spiro atoms. The Balaban J connectivity index is 2.25. The highest BCUT2D eigenvalue weighted by molar-refractivity contribution is 6.31. The molecule has 0 bridgehead atoms. The summed E-state index contributed by atoms with van der Waals surface area (Å²) in [7, 11) is 0. The molecule has 0 aliphatic rings. The molecule has 1 heterocycles. The molecule has 0 saturated carbocycles. The molecule has 0 radical (unpaired) electrons. The van der Waals surface area contributed by atoms with Crippen molar-refractivity contribution in [1.82, 2.24) is 19.8 Å². The predicted molar refractivity (Wildman–Crippen MR) is 140 cm³/mol. The molecule has 1 atom stereocenters. The highest BCUT2D eigenvalue weighted by Crippen LogP contribution is 2.27. The number of amides is 2. The second-order valence-electron chi connectivity index (χ2n) is 10.2. The van der Waals surface area contributed by atoms with Crippen LogP contribution in [0.1, 0.15) is 65.4 Å². The molecule has 2 aromatic carbocycles. The van der Waals surface area contributed by atoms with Crippen molar-refractivity contribution in [2.75, 3.05) is 6.54 Å². The molecule has 0 aliphatic heterocycles. The van der Waals surface area contributed by atoms with E-state index in [1.807, 2.05) is 65.0 Å². The number of para-hydroxylation sites is 1. The van der Waals surface area contributed by atoms with Crippen LogP contribution in [0.15, 0.2) is 47.3 Å². The maximum atomic E-state index is 13.8. The van der Waals surface area contributed by atoms with Crippen molar-refractivity contribution in [3.05, 3.63) is 69.2 Å². The van der Waals surface area contributed by atoms with Gasteiger partial charge >= 0.3 is 6.03 Å². The van der Waals surface area contributed by atoms with E-state index in [9.17, 15) is 9.59 Å². The lowest BCUT2D eigenvalue weighted by molar-refractivity contribution is 0.163. The van der Waals surface area contributed by atoms with Crippen LogP contribution >= 0.6 is 11.6 Å². The van der Waals surface area contributed by atoms with Crippen LogP contribution in [0.4, 0.5) is 4.79 Å². The smallest absolute Gasteiger partial charge is 0.318 e. The highest BCUT2D eigenvalue weighted by Gasteiger charge is 2.29. The van der Waals surface area contributed by atoms with E-state index in [-0.39, 0.29) is 11.6 Å². The van der Waals surface area contributed by atoms with Crippen molar-refractivity contribution >= 4 is 28.5 Å². The van der Waals surface area contributed by atoms with Gasteiger partial charge in [0, 0.05) is 17.1 Å². The molecule has 1 unspecified atom stereocenters. The minimum absolute atomic E-state index is 0.183. The van der Waals surface area contributed by atoms with Crippen molar-refractivity contribution in [2.24, 2.45) is 5.92 Å². The molecule has 6 nitrogen and oxygen atoms in total. The fraction of sp³-hybridized carbons (Fsp3) is 0.444. The van der Waals surface area contributed by atoms with E-state index in [4.69, 9.17) is 16.6 Å². The molecular weight excluding hydrogens is 448 g/mol. The summed E-state index contributed by atoms with van der Waals surface area (Å²) in [5.41, 5.74) is 1.47. The minimum atomic E-state index is -0.461. The van der Waals surface area contributed by atoms with E-state index in [1.165, 1.54) is 0 Å². The van der Waals surface area contributed by atoms with E-state index in [0.717, 1.165) is 12.0 Å². The fourth-order valence-corrected chi connectivity index (χ4v) is 4.07. The number of hydrogen-bond donors (Lipinski definition) is 1. The van der Waals surface area contributed by atoms with Crippen molar-refractivity contribution in [1.29, 1.82) is 0 Å². The number of benzene rings is 2. The zero-order valence-corrected chi connectivity index (χ0v) is 21.9. The average molecular weight is 483 g/mol. The summed E-state index contributed by atoms with van der Waals surface area (Å²) in [4.78, 5) is 33.8. The maximum absolute atomic E-state index is 13.8. The molecule has 0 fully saturated rings. The molecule has 3 rings (SSSR count). The number of fused-ring (bicyclic) bond motifs is 1. The van der Waals surface area contributed by atoms with Crippen LogP contribution in [0.25, 0.3) is 16.6 Å². The van der Waals surface area contributed by atoms with E-state index < -0.39 is 11.6 Å². The monoisotopic (exact) mass is 482 g/mol. The maximum Gasteiger partial charge on any atom is 0.318 e. The third-order valence-corrected chi connectivity index (χ3v) is 6.22. The largest absolute Gasteiger partial charge is 0.333 e. The number of aromatic nitrogens is 2. The topological polar surface area (TPSA) is 67.2 Å².